The molecule has 0 bridgehead atoms. The molecule has 0 radical (unpaired) electrons. The zero-order valence-corrected chi connectivity index (χ0v) is 16.5. The van der Waals surface area contributed by atoms with Gasteiger partial charge in [-0.25, -0.2) is 0 Å². The number of ketones is 2. The Balaban J connectivity index is 1.85. The van der Waals surface area contributed by atoms with Gasteiger partial charge in [-0.1, -0.05) is 49.7 Å². The van der Waals surface area contributed by atoms with Gasteiger partial charge in [-0.3, -0.25) is 9.59 Å². The largest absolute Gasteiger partial charge is 0.498 e. The lowest BCUT2D eigenvalue weighted by atomic mass is 9.83. The molecule has 0 amide bonds. The number of hydrogen-bond donors (Lipinski definition) is 1. The molecule has 0 heterocycles. The second-order valence-electron chi connectivity index (χ2n) is 6.89. The molecule has 1 N–H and O–H groups in total. The van der Waals surface area contributed by atoms with Gasteiger partial charge in [0, 0.05) is 22.4 Å². The number of hydrogen-bond acceptors (Lipinski definition) is 4. The molecule has 0 spiro atoms. The number of benzene rings is 2. The lowest BCUT2D eigenvalue weighted by Gasteiger charge is -2.20. The van der Waals surface area contributed by atoms with E-state index < -0.39 is 0 Å². The van der Waals surface area contributed by atoms with Crippen LogP contribution in [0.25, 0.3) is 0 Å². The van der Waals surface area contributed by atoms with Crippen molar-refractivity contribution in [1.82, 2.24) is 0 Å². The van der Waals surface area contributed by atoms with E-state index >= 15 is 0 Å². The fourth-order valence-corrected chi connectivity index (χ4v) is 3.17. The Labute approximate surface area is 165 Å². The number of unbranched alkanes of at least 4 members (excludes halogenated alkanes) is 1. The van der Waals surface area contributed by atoms with Gasteiger partial charge in [-0.05, 0) is 38.5 Å². The second kappa shape index (κ2) is 8.70. The van der Waals surface area contributed by atoms with Gasteiger partial charge in [0.15, 0.2) is 11.6 Å². The van der Waals surface area contributed by atoms with Gasteiger partial charge in [0.25, 0.3) is 0 Å². The van der Waals surface area contributed by atoms with E-state index in [1.54, 1.807) is 36.4 Å². The second-order valence-corrected chi connectivity index (χ2v) is 6.89. The van der Waals surface area contributed by atoms with Crippen molar-refractivity contribution in [3.05, 3.63) is 88.3 Å². The summed E-state index contributed by atoms with van der Waals surface area (Å²) in [4.78, 5) is 25.8. The number of nitrogens with one attached hydrogen (secondary N) is 1. The van der Waals surface area contributed by atoms with Crippen molar-refractivity contribution in [2.45, 2.75) is 33.6 Å². The summed E-state index contributed by atoms with van der Waals surface area (Å²) in [6.07, 6.45) is 5.93. The number of rotatable bonds is 7. The van der Waals surface area contributed by atoms with Crippen molar-refractivity contribution in [2.24, 2.45) is 0 Å². The Hall–Kier alpha value is -3.14. The number of ether oxygens (including phenoxy) is 1. The normalized spacial score (nSPS) is 13.8. The first-order valence-electron chi connectivity index (χ1n) is 9.59. The molecule has 0 saturated carbocycles. The third-order valence-electron chi connectivity index (χ3n) is 4.68. The Morgan fingerprint density at radius 3 is 2.32 bits per heavy atom. The average molecular weight is 375 g/mol. The number of carbonyl (C=O) groups excluding carboxylic acids is 2. The van der Waals surface area contributed by atoms with Crippen LogP contribution in [0.3, 0.4) is 0 Å². The molecule has 2 aromatic carbocycles. The molecule has 0 aromatic heterocycles. The molecular formula is C24H25NO3. The summed E-state index contributed by atoms with van der Waals surface area (Å²) in [5, 5.41) is 3.26. The van der Waals surface area contributed by atoms with Gasteiger partial charge in [0.1, 0.15) is 0 Å². The van der Waals surface area contributed by atoms with Gasteiger partial charge in [-0.15, -0.1) is 0 Å². The minimum absolute atomic E-state index is 0.115. The third kappa shape index (κ3) is 4.06. The molecule has 2 aromatic rings. The zero-order chi connectivity index (χ0) is 20.1. The summed E-state index contributed by atoms with van der Waals surface area (Å²) in [6.45, 7) is 6.67. The topological polar surface area (TPSA) is 55.4 Å². The molecule has 1 aliphatic rings. The van der Waals surface area contributed by atoms with Crippen LogP contribution in [-0.4, -0.2) is 18.2 Å². The maximum atomic E-state index is 13.0. The molecule has 28 heavy (non-hydrogen) atoms. The first-order valence-corrected chi connectivity index (χ1v) is 9.59. The number of allylic oxidation sites excluding steroid dienone is 4. The quantitative estimate of drug-likeness (QED) is 0.337. The van der Waals surface area contributed by atoms with Crippen LogP contribution in [0.4, 0.5) is 5.69 Å². The number of anilines is 1. The Bertz CT molecular complexity index is 970. The van der Waals surface area contributed by atoms with Gasteiger partial charge < -0.3 is 10.1 Å². The Morgan fingerprint density at radius 2 is 1.61 bits per heavy atom. The Morgan fingerprint density at radius 1 is 0.929 bits per heavy atom. The van der Waals surface area contributed by atoms with E-state index in [0.717, 1.165) is 24.3 Å². The molecule has 0 fully saturated rings. The standard InChI is InChI=1S/C24H25NO3/c1-4-5-15-28-17(3)14-13-16(2)25-21-12-8-11-20-22(21)24(27)19-10-7-6-9-18(19)23(20)26/h6-14,25H,4-5,15H2,1-3H3/b16-13+,17-14+. The smallest absolute Gasteiger partial charge is 0.196 e. The molecule has 0 saturated heterocycles. The van der Waals surface area contributed by atoms with Crippen LogP contribution in [0.2, 0.25) is 0 Å². The van der Waals surface area contributed by atoms with Gasteiger partial charge in [-0.2, -0.15) is 0 Å². The molecule has 1 aliphatic carbocycles. The van der Waals surface area contributed by atoms with Crippen LogP contribution in [0.5, 0.6) is 0 Å². The van der Waals surface area contributed by atoms with E-state index in [-0.39, 0.29) is 11.6 Å². The van der Waals surface area contributed by atoms with Crippen molar-refractivity contribution in [3.63, 3.8) is 0 Å². The maximum absolute atomic E-state index is 13.0. The predicted octanol–water partition coefficient (Wildman–Crippen LogP) is 5.50. The zero-order valence-electron chi connectivity index (χ0n) is 16.5. The van der Waals surface area contributed by atoms with E-state index in [9.17, 15) is 9.59 Å². The van der Waals surface area contributed by atoms with E-state index in [1.807, 2.05) is 32.1 Å². The summed E-state index contributed by atoms with van der Waals surface area (Å²) in [5.74, 6) is 0.594. The summed E-state index contributed by atoms with van der Waals surface area (Å²) in [5.41, 5.74) is 3.28. The van der Waals surface area contributed by atoms with Crippen molar-refractivity contribution in [1.29, 1.82) is 0 Å². The maximum Gasteiger partial charge on any atom is 0.196 e. The fraction of sp³-hybridized carbons (Fsp3) is 0.250. The SMILES string of the molecule is CCCCO/C(C)=C/C=C(\C)Nc1cccc2c1C(=O)c1ccccc1C2=O. The van der Waals surface area contributed by atoms with E-state index in [0.29, 0.717) is 34.5 Å². The van der Waals surface area contributed by atoms with E-state index in [1.165, 1.54) is 0 Å². The number of carbonyl (C=O) groups is 2. The van der Waals surface area contributed by atoms with E-state index in [4.69, 9.17) is 4.74 Å². The van der Waals surface area contributed by atoms with Crippen molar-refractivity contribution in [2.75, 3.05) is 11.9 Å². The van der Waals surface area contributed by atoms with Crippen LogP contribution in [0.1, 0.15) is 65.5 Å². The highest BCUT2D eigenvalue weighted by Gasteiger charge is 2.31. The van der Waals surface area contributed by atoms with Gasteiger partial charge >= 0.3 is 0 Å². The van der Waals surface area contributed by atoms with Crippen LogP contribution in [0.15, 0.2) is 66.1 Å². The minimum atomic E-state index is -0.129. The average Bonchev–Trinajstić information content (AvgIpc) is 2.70. The third-order valence-corrected chi connectivity index (χ3v) is 4.68. The molecule has 144 valence electrons. The van der Waals surface area contributed by atoms with Crippen molar-refractivity contribution >= 4 is 17.3 Å². The summed E-state index contributed by atoms with van der Waals surface area (Å²) in [6, 6.07) is 12.3. The van der Waals surface area contributed by atoms with Crippen LogP contribution in [-0.2, 0) is 4.74 Å². The highest BCUT2D eigenvalue weighted by atomic mass is 16.5. The van der Waals surface area contributed by atoms with Crippen LogP contribution >= 0.6 is 0 Å². The highest BCUT2D eigenvalue weighted by Crippen LogP contribution is 2.32. The molecule has 4 nitrogen and oxygen atoms in total. The lowest BCUT2D eigenvalue weighted by molar-refractivity contribution is 0.0979. The van der Waals surface area contributed by atoms with E-state index in [2.05, 4.69) is 12.2 Å². The molecule has 0 aliphatic heterocycles. The first-order chi connectivity index (χ1) is 13.5. The molecule has 3 rings (SSSR count). The van der Waals surface area contributed by atoms with Gasteiger partial charge in [0.2, 0.25) is 0 Å². The van der Waals surface area contributed by atoms with Crippen LogP contribution in [0, 0.1) is 0 Å². The van der Waals surface area contributed by atoms with Crippen molar-refractivity contribution in [3.8, 4) is 0 Å². The number of fused-ring (bicyclic) bond motifs is 2. The van der Waals surface area contributed by atoms with Crippen molar-refractivity contribution < 1.29 is 14.3 Å². The minimum Gasteiger partial charge on any atom is -0.498 e. The Kier molecular flexibility index (Phi) is 6.09. The summed E-state index contributed by atoms with van der Waals surface area (Å²) in [7, 11) is 0. The predicted molar refractivity (Wildman–Crippen MR) is 112 cm³/mol. The molecule has 4 heteroatoms. The van der Waals surface area contributed by atoms with Crippen LogP contribution < -0.4 is 5.32 Å². The highest BCUT2D eigenvalue weighted by molar-refractivity contribution is 6.30. The monoisotopic (exact) mass is 375 g/mol. The lowest BCUT2D eigenvalue weighted by Crippen LogP contribution is -2.22. The summed E-state index contributed by atoms with van der Waals surface area (Å²) < 4.78 is 5.63. The summed E-state index contributed by atoms with van der Waals surface area (Å²) >= 11 is 0. The fourth-order valence-electron chi connectivity index (χ4n) is 3.17. The first kappa shape index (κ1) is 19.6. The molecular weight excluding hydrogens is 350 g/mol. The molecule has 0 unspecified atom stereocenters. The van der Waals surface area contributed by atoms with Gasteiger partial charge in [0.05, 0.1) is 23.6 Å². The molecule has 0 atom stereocenters.